The Morgan fingerprint density at radius 1 is 1.05 bits per heavy atom. The van der Waals surface area contributed by atoms with E-state index in [-0.39, 0.29) is 29.1 Å². The molecular weight excluding hydrogens is 528 g/mol. The van der Waals surface area contributed by atoms with Gasteiger partial charge in [-0.05, 0) is 59.9 Å². The zero-order chi connectivity index (χ0) is 27.5. The predicted octanol–water partition coefficient (Wildman–Crippen LogP) is 7.79. The van der Waals surface area contributed by atoms with E-state index in [4.69, 9.17) is 4.74 Å². The van der Waals surface area contributed by atoms with E-state index in [0.29, 0.717) is 23.8 Å². The molecule has 5 nitrogen and oxygen atoms in total. The maximum absolute atomic E-state index is 13.7. The number of halogens is 1. The van der Waals surface area contributed by atoms with E-state index in [1.54, 1.807) is 0 Å². The topological polar surface area (TPSA) is 62.1 Å². The molecule has 3 rings (SSSR count). The second kappa shape index (κ2) is 11.6. The molecule has 0 aromatic heterocycles. The number of phenolic OH excluding ortho intramolecular Hbond substituents is 1. The minimum atomic E-state index is -0.290. The average Bonchev–Trinajstić information content (AvgIpc) is 3.15. The van der Waals surface area contributed by atoms with Gasteiger partial charge in [-0.2, -0.15) is 4.02 Å². The Kier molecular flexibility index (Phi) is 9.15. The van der Waals surface area contributed by atoms with Gasteiger partial charge >= 0.3 is 0 Å². The summed E-state index contributed by atoms with van der Waals surface area (Å²) in [4.78, 5) is 15.9. The van der Waals surface area contributed by atoms with Crippen LogP contribution >= 0.6 is 16.1 Å². The van der Waals surface area contributed by atoms with Gasteiger partial charge in [0.1, 0.15) is 17.3 Å². The van der Waals surface area contributed by atoms with Crippen molar-refractivity contribution < 1.29 is 14.6 Å². The number of likely N-dealkylation sites (tertiary alicyclic amines) is 1. The average molecular weight is 572 g/mol. The van der Waals surface area contributed by atoms with Crippen LogP contribution in [-0.2, 0) is 10.8 Å². The molecule has 1 aliphatic rings. The van der Waals surface area contributed by atoms with Crippen molar-refractivity contribution in [2.75, 3.05) is 19.7 Å². The summed E-state index contributed by atoms with van der Waals surface area (Å²) >= 11 is 3.38. The number of rotatable bonds is 8. The fourth-order valence-electron chi connectivity index (χ4n) is 5.33. The van der Waals surface area contributed by atoms with Crippen LogP contribution in [0.3, 0.4) is 0 Å². The van der Waals surface area contributed by atoms with Gasteiger partial charge in [0.2, 0.25) is 0 Å². The molecule has 1 saturated heterocycles. The molecule has 0 spiro atoms. The van der Waals surface area contributed by atoms with E-state index in [1.807, 2.05) is 31.2 Å². The van der Waals surface area contributed by atoms with Crippen LogP contribution in [0.2, 0.25) is 0 Å². The molecule has 2 aromatic carbocycles. The third kappa shape index (κ3) is 6.57. The molecule has 1 fully saturated rings. The van der Waals surface area contributed by atoms with Crippen LogP contribution in [0.15, 0.2) is 40.4 Å². The first-order valence-corrected chi connectivity index (χ1v) is 14.1. The van der Waals surface area contributed by atoms with E-state index in [0.717, 1.165) is 42.1 Å². The molecule has 6 heteroatoms. The Bertz CT molecular complexity index is 1090. The van der Waals surface area contributed by atoms with Crippen LogP contribution in [0.25, 0.3) is 0 Å². The van der Waals surface area contributed by atoms with Crippen LogP contribution in [0.4, 0.5) is 0 Å². The molecule has 202 valence electrons. The van der Waals surface area contributed by atoms with Gasteiger partial charge in [-0.1, -0.05) is 67.0 Å². The first-order chi connectivity index (χ1) is 17.3. The summed E-state index contributed by atoms with van der Waals surface area (Å²) < 4.78 is 10.2. The van der Waals surface area contributed by atoms with Crippen molar-refractivity contribution in [2.24, 2.45) is 9.94 Å². The summed E-state index contributed by atoms with van der Waals surface area (Å²) in [5.41, 5.74) is 2.84. The van der Waals surface area contributed by atoms with Crippen molar-refractivity contribution in [3.05, 3.63) is 58.7 Å². The van der Waals surface area contributed by atoms with Gasteiger partial charge in [-0.25, -0.2) is 0 Å². The largest absolute Gasteiger partial charge is 0.507 e. The predicted molar refractivity (Wildman–Crippen MR) is 157 cm³/mol. The summed E-state index contributed by atoms with van der Waals surface area (Å²) in [6.07, 6.45) is 2.12. The molecule has 0 radical (unpaired) electrons. The van der Waals surface area contributed by atoms with Gasteiger partial charge in [0, 0.05) is 29.2 Å². The number of hydrogen-bond acceptors (Lipinski definition) is 4. The lowest BCUT2D eigenvalue weighted by Crippen LogP contribution is -2.32. The summed E-state index contributed by atoms with van der Waals surface area (Å²) in [6, 6.07) is 12.0. The van der Waals surface area contributed by atoms with Crippen molar-refractivity contribution in [1.29, 1.82) is 0 Å². The third-order valence-corrected chi connectivity index (χ3v) is 7.57. The highest BCUT2D eigenvalue weighted by molar-refractivity contribution is 9.08. The monoisotopic (exact) mass is 570 g/mol. The normalized spacial score (nSPS) is 19.5. The first kappa shape index (κ1) is 29.2. The highest BCUT2D eigenvalue weighted by Gasteiger charge is 2.40. The van der Waals surface area contributed by atoms with Crippen LogP contribution in [0.5, 0.6) is 11.5 Å². The van der Waals surface area contributed by atoms with Gasteiger partial charge < -0.3 is 14.7 Å². The van der Waals surface area contributed by atoms with Crippen molar-refractivity contribution in [3.8, 4) is 11.5 Å². The molecule has 0 saturated carbocycles. The lowest BCUT2D eigenvalue weighted by molar-refractivity contribution is 0.0963. The zero-order valence-electron chi connectivity index (χ0n) is 23.7. The smallest absolute Gasteiger partial charge is 0.182 e. The fraction of sp³-hybridized carbons (Fsp3) is 0.548. The highest BCUT2D eigenvalue weighted by Crippen LogP contribution is 2.41. The van der Waals surface area contributed by atoms with Crippen molar-refractivity contribution >= 4 is 27.8 Å². The number of phenols is 1. The van der Waals surface area contributed by atoms with E-state index in [1.165, 1.54) is 5.56 Å². The Balaban J connectivity index is 1.95. The molecule has 1 N–H and O–H groups in total. The van der Waals surface area contributed by atoms with Crippen LogP contribution in [0, 0.1) is 5.92 Å². The number of aromatic hydroxyl groups is 1. The van der Waals surface area contributed by atoms with Crippen LogP contribution in [-0.4, -0.2) is 41.3 Å². The van der Waals surface area contributed by atoms with E-state index in [2.05, 4.69) is 85.7 Å². The summed E-state index contributed by atoms with van der Waals surface area (Å²) in [5.74, 6) is 2.55. The highest BCUT2D eigenvalue weighted by atomic mass is 79.9. The Morgan fingerprint density at radius 2 is 1.62 bits per heavy atom. The van der Waals surface area contributed by atoms with Gasteiger partial charge in [0.25, 0.3) is 0 Å². The van der Waals surface area contributed by atoms with Crippen molar-refractivity contribution in [3.63, 3.8) is 0 Å². The van der Waals surface area contributed by atoms with Gasteiger partial charge in [-0.3, -0.25) is 4.79 Å². The summed E-state index contributed by atoms with van der Waals surface area (Å²) in [7, 11) is 0. The second-order valence-corrected chi connectivity index (χ2v) is 12.5. The van der Waals surface area contributed by atoms with E-state index >= 15 is 0 Å². The van der Waals surface area contributed by atoms with Crippen molar-refractivity contribution in [2.45, 2.75) is 85.0 Å². The maximum Gasteiger partial charge on any atom is 0.182 e. The summed E-state index contributed by atoms with van der Waals surface area (Å²) in [5, 5.41) is 11.1. The molecule has 0 aliphatic carbocycles. The number of benzene rings is 2. The van der Waals surface area contributed by atoms with Gasteiger partial charge in [0.05, 0.1) is 29.3 Å². The number of ether oxygens (including phenoxy) is 1. The van der Waals surface area contributed by atoms with Gasteiger partial charge in [0.15, 0.2) is 5.78 Å². The Labute approximate surface area is 231 Å². The number of nitrogens with zero attached hydrogens (tertiary/aromatic N) is 2. The molecule has 0 unspecified atom stereocenters. The number of ketones is 1. The molecule has 2 aromatic rings. The zero-order valence-corrected chi connectivity index (χ0v) is 25.3. The SMILES string of the molecule is CCC[C@H]1CN(CC(=O)c2cc(C(C)(C)C)c(O)c(C(C)(C)C)c2)C(=NBr)[C@@H]1c1ccc(OCC)cc1. The van der Waals surface area contributed by atoms with Crippen LogP contribution in [0.1, 0.15) is 101 Å². The molecule has 37 heavy (non-hydrogen) atoms. The Morgan fingerprint density at radius 3 is 2.08 bits per heavy atom. The number of carbonyl (C=O) groups excluding carboxylic acids is 1. The quantitative estimate of drug-likeness (QED) is 0.329. The number of amidine groups is 1. The molecular formula is C31H43BrN2O3. The number of carbonyl (C=O) groups is 1. The third-order valence-electron chi connectivity index (χ3n) is 7.21. The molecule has 1 heterocycles. The molecule has 2 atom stereocenters. The van der Waals surface area contributed by atoms with E-state index < -0.39 is 0 Å². The molecule has 1 aliphatic heterocycles. The lowest BCUT2D eigenvalue weighted by atomic mass is 9.78. The lowest BCUT2D eigenvalue weighted by Gasteiger charge is -2.28. The summed E-state index contributed by atoms with van der Waals surface area (Å²) in [6.45, 7) is 18.2. The second-order valence-electron chi connectivity index (χ2n) is 12.2. The number of hydrogen-bond donors (Lipinski definition) is 1. The van der Waals surface area contributed by atoms with Gasteiger partial charge in [-0.15, -0.1) is 0 Å². The van der Waals surface area contributed by atoms with E-state index in [9.17, 15) is 9.90 Å². The van der Waals surface area contributed by atoms with Crippen molar-refractivity contribution in [1.82, 2.24) is 4.90 Å². The standard InChI is InChI=1S/C31H43BrN2O3/c1-9-11-21-18-34(29(33-32)27(21)20-12-14-23(15-13-20)37-10-2)19-26(35)22-16-24(30(3,4)5)28(36)25(17-22)31(6,7)8/h12-17,21,27,36H,9-11,18-19H2,1-8H3/t21-,27+/m0/s1. The van der Waals surface area contributed by atoms with Crippen LogP contribution < -0.4 is 4.74 Å². The maximum atomic E-state index is 13.7. The molecule has 0 bridgehead atoms. The minimum absolute atomic E-state index is 0.0345. The molecule has 0 amide bonds. The fourth-order valence-corrected chi connectivity index (χ4v) is 5.78. The Hall–Kier alpha value is -2.34. The first-order valence-electron chi connectivity index (χ1n) is 13.4. The minimum Gasteiger partial charge on any atom is -0.507 e. The number of Topliss-reactive ketones (excluding diaryl/α,β-unsaturated/α-hetero) is 1.